The van der Waals surface area contributed by atoms with Gasteiger partial charge in [-0.2, -0.15) is 4.98 Å². The van der Waals surface area contributed by atoms with E-state index in [0.717, 1.165) is 12.8 Å². The maximum atomic E-state index is 12.9. The van der Waals surface area contributed by atoms with Gasteiger partial charge in [-0.1, -0.05) is 12.1 Å². The van der Waals surface area contributed by atoms with Crippen molar-refractivity contribution < 1.29 is 14.1 Å². The van der Waals surface area contributed by atoms with Gasteiger partial charge in [-0.05, 0) is 39.0 Å². The van der Waals surface area contributed by atoms with E-state index in [1.54, 1.807) is 11.8 Å². The summed E-state index contributed by atoms with van der Waals surface area (Å²) in [6, 6.07) is -0.475. The van der Waals surface area contributed by atoms with Crippen LogP contribution in [-0.2, 0) is 16.1 Å². The minimum absolute atomic E-state index is 0.0488. The van der Waals surface area contributed by atoms with Gasteiger partial charge in [0.05, 0.1) is 0 Å². The smallest absolute Gasteiger partial charge is 0.249 e. The van der Waals surface area contributed by atoms with Crippen LogP contribution in [0.3, 0.4) is 0 Å². The van der Waals surface area contributed by atoms with Gasteiger partial charge in [0.25, 0.3) is 0 Å². The molecule has 1 aromatic heterocycles. The van der Waals surface area contributed by atoms with Crippen LogP contribution in [0.4, 0.5) is 0 Å². The number of aryl methyl sites for hydroxylation is 1. The van der Waals surface area contributed by atoms with Gasteiger partial charge < -0.3 is 14.7 Å². The molecule has 0 spiro atoms. The van der Waals surface area contributed by atoms with Crippen LogP contribution in [0.15, 0.2) is 4.52 Å². The van der Waals surface area contributed by atoms with Gasteiger partial charge in [0.2, 0.25) is 17.7 Å². The SMILES string of the molecule is CCC1C(=O)NC(C)(C2CC2)C(=O)N1Cc1nc(C)no1. The van der Waals surface area contributed by atoms with Crippen molar-refractivity contribution in [1.29, 1.82) is 0 Å². The highest BCUT2D eigenvalue weighted by molar-refractivity contribution is 6.00. The Morgan fingerprint density at radius 1 is 1.43 bits per heavy atom. The van der Waals surface area contributed by atoms with E-state index >= 15 is 0 Å². The zero-order chi connectivity index (χ0) is 15.2. The molecule has 2 aliphatic rings. The Hall–Kier alpha value is -1.92. The third-order valence-electron chi connectivity index (χ3n) is 4.42. The first-order valence-electron chi connectivity index (χ1n) is 7.38. The van der Waals surface area contributed by atoms with Gasteiger partial charge in [-0.3, -0.25) is 9.59 Å². The molecule has 0 radical (unpaired) electrons. The number of piperazine rings is 1. The van der Waals surface area contributed by atoms with Crippen LogP contribution in [0.5, 0.6) is 0 Å². The van der Waals surface area contributed by atoms with Crippen molar-refractivity contribution in [3.8, 4) is 0 Å². The van der Waals surface area contributed by atoms with Crippen molar-refractivity contribution in [2.24, 2.45) is 5.92 Å². The molecule has 7 heteroatoms. The molecule has 1 aromatic rings. The molecule has 1 saturated heterocycles. The first-order valence-corrected chi connectivity index (χ1v) is 7.38. The van der Waals surface area contributed by atoms with Gasteiger partial charge in [0, 0.05) is 0 Å². The molecular weight excluding hydrogens is 272 g/mol. The van der Waals surface area contributed by atoms with E-state index < -0.39 is 11.6 Å². The summed E-state index contributed by atoms with van der Waals surface area (Å²) in [4.78, 5) is 31.0. The lowest BCUT2D eigenvalue weighted by molar-refractivity contribution is -0.156. The average Bonchev–Trinajstić information content (AvgIpc) is 3.21. The maximum absolute atomic E-state index is 12.9. The summed E-state index contributed by atoms with van der Waals surface area (Å²) in [5.41, 5.74) is -0.794. The Kier molecular flexibility index (Phi) is 3.22. The van der Waals surface area contributed by atoms with E-state index in [9.17, 15) is 9.59 Å². The molecule has 2 heterocycles. The number of carbonyl (C=O) groups is 2. The second-order valence-corrected chi connectivity index (χ2v) is 6.06. The van der Waals surface area contributed by atoms with Crippen molar-refractivity contribution in [3.05, 3.63) is 11.7 Å². The first kappa shape index (κ1) is 14.0. The average molecular weight is 292 g/mol. The van der Waals surface area contributed by atoms with Crippen LogP contribution >= 0.6 is 0 Å². The molecule has 114 valence electrons. The quantitative estimate of drug-likeness (QED) is 0.886. The van der Waals surface area contributed by atoms with Gasteiger partial charge in [-0.25, -0.2) is 0 Å². The van der Waals surface area contributed by atoms with E-state index in [2.05, 4.69) is 15.5 Å². The monoisotopic (exact) mass is 292 g/mol. The van der Waals surface area contributed by atoms with Crippen LogP contribution < -0.4 is 5.32 Å². The van der Waals surface area contributed by atoms with Gasteiger partial charge in [0.1, 0.15) is 18.1 Å². The Balaban J connectivity index is 1.89. The Labute approximate surface area is 123 Å². The number of carbonyl (C=O) groups excluding carboxylic acids is 2. The van der Waals surface area contributed by atoms with Crippen molar-refractivity contribution in [1.82, 2.24) is 20.4 Å². The Morgan fingerprint density at radius 2 is 2.14 bits per heavy atom. The van der Waals surface area contributed by atoms with Gasteiger partial charge in [-0.15, -0.1) is 0 Å². The number of hydrogen-bond acceptors (Lipinski definition) is 5. The summed E-state index contributed by atoms with van der Waals surface area (Å²) in [6.45, 7) is 5.63. The highest BCUT2D eigenvalue weighted by atomic mass is 16.5. The zero-order valence-electron chi connectivity index (χ0n) is 12.5. The van der Waals surface area contributed by atoms with Crippen LogP contribution in [-0.4, -0.2) is 38.4 Å². The third kappa shape index (κ3) is 2.30. The van der Waals surface area contributed by atoms with E-state index in [0.29, 0.717) is 18.1 Å². The lowest BCUT2D eigenvalue weighted by atomic mass is 9.89. The molecule has 0 bridgehead atoms. The Morgan fingerprint density at radius 3 is 2.67 bits per heavy atom. The van der Waals surface area contributed by atoms with E-state index in [1.165, 1.54) is 0 Å². The standard InChI is InChI=1S/C14H20N4O3/c1-4-10-12(19)16-14(3,9-5-6-9)13(20)18(10)7-11-15-8(2)17-21-11/h9-10H,4-7H2,1-3H3,(H,16,19). The molecule has 2 unspecified atom stereocenters. The highest BCUT2D eigenvalue weighted by Gasteiger charge is 2.55. The molecule has 21 heavy (non-hydrogen) atoms. The second-order valence-electron chi connectivity index (χ2n) is 6.06. The summed E-state index contributed by atoms with van der Waals surface area (Å²) < 4.78 is 5.10. The molecule has 2 fully saturated rings. The molecule has 7 nitrogen and oxygen atoms in total. The molecule has 1 N–H and O–H groups in total. The molecular formula is C14H20N4O3. The zero-order valence-corrected chi connectivity index (χ0v) is 12.5. The second kappa shape index (κ2) is 4.82. The summed E-state index contributed by atoms with van der Waals surface area (Å²) in [6.07, 6.45) is 2.52. The van der Waals surface area contributed by atoms with E-state index in [-0.39, 0.29) is 24.3 Å². The van der Waals surface area contributed by atoms with Crippen molar-refractivity contribution >= 4 is 11.8 Å². The first-order chi connectivity index (χ1) is 9.95. The number of nitrogens with one attached hydrogen (secondary N) is 1. The molecule has 2 amide bonds. The highest BCUT2D eigenvalue weighted by Crippen LogP contribution is 2.42. The Bertz CT molecular complexity index is 581. The minimum Gasteiger partial charge on any atom is -0.340 e. The fourth-order valence-electron chi connectivity index (χ4n) is 3.05. The molecule has 3 rings (SSSR count). The van der Waals surface area contributed by atoms with Crippen molar-refractivity contribution in [3.63, 3.8) is 0 Å². The number of rotatable bonds is 4. The summed E-state index contributed by atoms with van der Waals surface area (Å²) in [5.74, 6) is 0.984. The molecule has 1 aliphatic heterocycles. The molecule has 2 atom stereocenters. The topological polar surface area (TPSA) is 88.3 Å². The lowest BCUT2D eigenvalue weighted by Crippen LogP contribution is -2.69. The number of aromatic nitrogens is 2. The van der Waals surface area contributed by atoms with E-state index in [1.807, 2.05) is 13.8 Å². The van der Waals surface area contributed by atoms with Gasteiger partial charge >= 0.3 is 0 Å². The number of nitrogens with zero attached hydrogens (tertiary/aromatic N) is 3. The maximum Gasteiger partial charge on any atom is 0.249 e. The molecule has 1 aliphatic carbocycles. The predicted molar refractivity (Wildman–Crippen MR) is 72.9 cm³/mol. The number of amides is 2. The summed E-state index contributed by atoms with van der Waals surface area (Å²) in [5, 5.41) is 6.67. The van der Waals surface area contributed by atoms with Crippen LogP contribution in [0, 0.1) is 12.8 Å². The van der Waals surface area contributed by atoms with Crippen LogP contribution in [0.25, 0.3) is 0 Å². The molecule has 1 saturated carbocycles. The summed E-state index contributed by atoms with van der Waals surface area (Å²) in [7, 11) is 0. The fourth-order valence-corrected chi connectivity index (χ4v) is 3.05. The van der Waals surface area contributed by atoms with Crippen molar-refractivity contribution in [2.75, 3.05) is 0 Å². The lowest BCUT2D eigenvalue weighted by Gasteiger charge is -2.44. The summed E-state index contributed by atoms with van der Waals surface area (Å²) >= 11 is 0. The van der Waals surface area contributed by atoms with Gasteiger partial charge in [0.15, 0.2) is 5.82 Å². The predicted octanol–water partition coefficient (Wildman–Crippen LogP) is 0.784. The minimum atomic E-state index is -0.794. The normalized spacial score (nSPS) is 29.7. The molecule has 0 aromatic carbocycles. The fraction of sp³-hybridized carbons (Fsp3) is 0.714. The van der Waals surface area contributed by atoms with E-state index in [4.69, 9.17) is 4.52 Å². The largest absolute Gasteiger partial charge is 0.340 e. The third-order valence-corrected chi connectivity index (χ3v) is 4.42. The van der Waals surface area contributed by atoms with Crippen molar-refractivity contribution in [2.45, 2.75) is 58.2 Å². The number of hydrogen-bond donors (Lipinski definition) is 1. The van der Waals surface area contributed by atoms with Crippen LogP contribution in [0.2, 0.25) is 0 Å². The van der Waals surface area contributed by atoms with Crippen LogP contribution in [0.1, 0.15) is 44.8 Å².